The predicted octanol–water partition coefficient (Wildman–Crippen LogP) is 0.868. The Kier molecular flexibility index (Phi) is 4.18. The predicted molar refractivity (Wildman–Crippen MR) is 80.3 cm³/mol. The molecule has 20 heavy (non-hydrogen) atoms. The van der Waals surface area contributed by atoms with Gasteiger partial charge in [0.25, 0.3) is 0 Å². The summed E-state index contributed by atoms with van der Waals surface area (Å²) in [6.07, 6.45) is 0. The molecule has 1 heterocycles. The van der Waals surface area contributed by atoms with Crippen molar-refractivity contribution in [3.8, 4) is 5.75 Å². The fourth-order valence-corrected chi connectivity index (χ4v) is 2.45. The first kappa shape index (κ1) is 14.7. The van der Waals surface area contributed by atoms with Gasteiger partial charge in [0, 0.05) is 43.5 Å². The number of anilines is 1. The molecule has 0 bridgehead atoms. The maximum Gasteiger partial charge on any atom is 0.227 e. The average molecular weight is 277 g/mol. The number of piperazine rings is 1. The van der Waals surface area contributed by atoms with Crippen LogP contribution >= 0.6 is 0 Å². The normalized spacial score (nSPS) is 16.1. The van der Waals surface area contributed by atoms with Crippen LogP contribution in [0.25, 0.3) is 0 Å². The van der Waals surface area contributed by atoms with Crippen molar-refractivity contribution < 1.29 is 9.53 Å². The zero-order chi connectivity index (χ0) is 14.8. The van der Waals surface area contributed by atoms with Crippen LogP contribution in [-0.2, 0) is 10.2 Å². The van der Waals surface area contributed by atoms with E-state index in [0.29, 0.717) is 5.75 Å². The van der Waals surface area contributed by atoms with Crippen LogP contribution in [0.3, 0.4) is 0 Å². The van der Waals surface area contributed by atoms with Gasteiger partial charge in [0.2, 0.25) is 5.91 Å². The SMILES string of the molecule is COc1cc(N2CCNCC2)ccc1C(C)(C)C(N)=O. The summed E-state index contributed by atoms with van der Waals surface area (Å²) in [5.74, 6) is 0.357. The number of nitrogens with zero attached hydrogens (tertiary/aromatic N) is 1. The Balaban J connectivity index is 2.35. The maximum atomic E-state index is 11.6. The van der Waals surface area contributed by atoms with Crippen molar-refractivity contribution in [1.29, 1.82) is 0 Å². The molecular weight excluding hydrogens is 254 g/mol. The summed E-state index contributed by atoms with van der Waals surface area (Å²) < 4.78 is 5.46. The molecule has 1 saturated heterocycles. The van der Waals surface area contributed by atoms with Gasteiger partial charge in [-0.15, -0.1) is 0 Å². The van der Waals surface area contributed by atoms with E-state index in [4.69, 9.17) is 10.5 Å². The second-order valence-corrected chi connectivity index (χ2v) is 5.61. The fraction of sp³-hybridized carbons (Fsp3) is 0.533. The van der Waals surface area contributed by atoms with Gasteiger partial charge in [-0.3, -0.25) is 4.79 Å². The lowest BCUT2D eigenvalue weighted by atomic mass is 9.83. The van der Waals surface area contributed by atoms with Gasteiger partial charge >= 0.3 is 0 Å². The minimum absolute atomic E-state index is 0.356. The molecule has 5 nitrogen and oxygen atoms in total. The zero-order valence-electron chi connectivity index (χ0n) is 12.4. The molecule has 0 saturated carbocycles. The molecule has 0 aromatic heterocycles. The Morgan fingerprint density at radius 2 is 2.00 bits per heavy atom. The van der Waals surface area contributed by atoms with Crippen LogP contribution < -0.4 is 20.7 Å². The van der Waals surface area contributed by atoms with E-state index in [-0.39, 0.29) is 5.91 Å². The highest BCUT2D eigenvalue weighted by atomic mass is 16.5. The molecule has 5 heteroatoms. The lowest BCUT2D eigenvalue weighted by Crippen LogP contribution is -2.43. The topological polar surface area (TPSA) is 67.6 Å². The first-order valence-electron chi connectivity index (χ1n) is 6.91. The van der Waals surface area contributed by atoms with E-state index in [9.17, 15) is 4.79 Å². The van der Waals surface area contributed by atoms with E-state index in [0.717, 1.165) is 37.4 Å². The maximum absolute atomic E-state index is 11.6. The molecule has 1 fully saturated rings. The number of carbonyl (C=O) groups is 1. The molecule has 1 aliphatic heterocycles. The molecule has 1 aliphatic rings. The van der Waals surface area contributed by atoms with Crippen LogP contribution in [0.1, 0.15) is 19.4 Å². The standard InChI is InChI=1S/C15H23N3O2/c1-15(2,14(16)19)12-5-4-11(10-13(12)20-3)18-8-6-17-7-9-18/h4-5,10,17H,6-9H2,1-3H3,(H2,16,19). The van der Waals surface area contributed by atoms with Gasteiger partial charge in [-0.25, -0.2) is 0 Å². The van der Waals surface area contributed by atoms with Gasteiger partial charge < -0.3 is 20.7 Å². The Bertz CT molecular complexity index is 494. The van der Waals surface area contributed by atoms with Crippen molar-refractivity contribution in [3.05, 3.63) is 23.8 Å². The minimum Gasteiger partial charge on any atom is -0.496 e. The largest absolute Gasteiger partial charge is 0.496 e. The number of amides is 1. The average Bonchev–Trinajstić information content (AvgIpc) is 2.47. The molecule has 1 aromatic rings. The number of ether oxygens (including phenoxy) is 1. The molecule has 2 rings (SSSR count). The second kappa shape index (κ2) is 5.71. The third-order valence-corrected chi connectivity index (χ3v) is 3.96. The summed E-state index contributed by atoms with van der Waals surface area (Å²) in [7, 11) is 1.62. The first-order valence-corrected chi connectivity index (χ1v) is 6.91. The van der Waals surface area contributed by atoms with Gasteiger partial charge in [0.05, 0.1) is 12.5 Å². The van der Waals surface area contributed by atoms with Gasteiger partial charge in [-0.05, 0) is 19.9 Å². The van der Waals surface area contributed by atoms with Gasteiger partial charge in [0.1, 0.15) is 5.75 Å². The summed E-state index contributed by atoms with van der Waals surface area (Å²) in [6, 6.07) is 5.97. The Morgan fingerprint density at radius 3 is 2.55 bits per heavy atom. The lowest BCUT2D eigenvalue weighted by molar-refractivity contribution is -0.122. The summed E-state index contributed by atoms with van der Waals surface area (Å²) in [4.78, 5) is 13.9. The lowest BCUT2D eigenvalue weighted by Gasteiger charge is -2.31. The Hall–Kier alpha value is -1.75. The van der Waals surface area contributed by atoms with Crippen molar-refractivity contribution in [2.45, 2.75) is 19.3 Å². The number of methoxy groups -OCH3 is 1. The number of nitrogens with two attached hydrogens (primary N) is 1. The zero-order valence-corrected chi connectivity index (χ0v) is 12.4. The summed E-state index contributed by atoms with van der Waals surface area (Å²) in [5, 5.41) is 3.33. The molecule has 0 unspecified atom stereocenters. The number of rotatable bonds is 4. The highest BCUT2D eigenvalue weighted by molar-refractivity contribution is 5.86. The van der Waals surface area contributed by atoms with E-state index in [1.807, 2.05) is 32.0 Å². The van der Waals surface area contributed by atoms with Crippen molar-refractivity contribution >= 4 is 11.6 Å². The molecule has 0 spiro atoms. The number of hydrogen-bond acceptors (Lipinski definition) is 4. The highest BCUT2D eigenvalue weighted by Crippen LogP contribution is 2.34. The van der Waals surface area contributed by atoms with Gasteiger partial charge in [-0.2, -0.15) is 0 Å². The Morgan fingerprint density at radius 1 is 1.35 bits per heavy atom. The van der Waals surface area contributed by atoms with Crippen molar-refractivity contribution in [3.63, 3.8) is 0 Å². The van der Waals surface area contributed by atoms with E-state index < -0.39 is 5.41 Å². The summed E-state index contributed by atoms with van der Waals surface area (Å²) in [6.45, 7) is 7.55. The number of benzene rings is 1. The van der Waals surface area contributed by atoms with Crippen molar-refractivity contribution in [2.24, 2.45) is 5.73 Å². The minimum atomic E-state index is -0.743. The van der Waals surface area contributed by atoms with E-state index in [2.05, 4.69) is 10.2 Å². The van der Waals surface area contributed by atoms with Crippen LogP contribution in [0.4, 0.5) is 5.69 Å². The molecule has 0 radical (unpaired) electrons. The summed E-state index contributed by atoms with van der Waals surface area (Å²) in [5.41, 5.74) is 6.69. The van der Waals surface area contributed by atoms with Crippen LogP contribution in [0, 0.1) is 0 Å². The molecule has 110 valence electrons. The van der Waals surface area contributed by atoms with E-state index >= 15 is 0 Å². The smallest absolute Gasteiger partial charge is 0.227 e. The molecule has 0 aliphatic carbocycles. The number of hydrogen-bond donors (Lipinski definition) is 2. The fourth-order valence-electron chi connectivity index (χ4n) is 2.45. The van der Waals surface area contributed by atoms with E-state index in [1.165, 1.54) is 0 Å². The third-order valence-electron chi connectivity index (χ3n) is 3.96. The van der Waals surface area contributed by atoms with Gasteiger partial charge in [0.15, 0.2) is 0 Å². The van der Waals surface area contributed by atoms with Gasteiger partial charge in [-0.1, -0.05) is 6.07 Å². The van der Waals surface area contributed by atoms with Crippen LogP contribution in [0.15, 0.2) is 18.2 Å². The second-order valence-electron chi connectivity index (χ2n) is 5.61. The Labute approximate surface area is 120 Å². The first-order chi connectivity index (χ1) is 9.46. The van der Waals surface area contributed by atoms with E-state index in [1.54, 1.807) is 7.11 Å². The molecule has 0 atom stereocenters. The quantitative estimate of drug-likeness (QED) is 0.857. The molecule has 3 N–H and O–H groups in total. The highest BCUT2D eigenvalue weighted by Gasteiger charge is 2.31. The van der Waals surface area contributed by atoms with Crippen LogP contribution in [0.2, 0.25) is 0 Å². The number of nitrogens with one attached hydrogen (secondary N) is 1. The number of carbonyl (C=O) groups excluding carboxylic acids is 1. The van der Waals surface area contributed by atoms with Crippen LogP contribution in [0.5, 0.6) is 5.75 Å². The number of primary amides is 1. The molecule has 1 aromatic carbocycles. The van der Waals surface area contributed by atoms with Crippen molar-refractivity contribution in [1.82, 2.24) is 5.32 Å². The molecular formula is C15H23N3O2. The monoisotopic (exact) mass is 277 g/mol. The molecule has 1 amide bonds. The summed E-state index contributed by atoms with van der Waals surface area (Å²) >= 11 is 0. The van der Waals surface area contributed by atoms with Crippen molar-refractivity contribution in [2.75, 3.05) is 38.2 Å². The third kappa shape index (κ3) is 2.72. The van der Waals surface area contributed by atoms with Crippen LogP contribution in [-0.4, -0.2) is 39.2 Å².